The number of hydrogen-bond donors (Lipinski definition) is 1. The molecule has 2 nitrogen and oxygen atoms in total. The Morgan fingerprint density at radius 1 is 1.29 bits per heavy atom. The Bertz CT molecular complexity index is 195. The molecule has 3 heteroatoms. The summed E-state index contributed by atoms with van der Waals surface area (Å²) in [4.78, 5) is 11.4. The van der Waals surface area contributed by atoms with Crippen LogP contribution in [0.25, 0.3) is 0 Å². The molecule has 0 aromatic rings. The molecule has 1 rings (SSSR count). The monoisotopic (exact) mass is 217 g/mol. The molecule has 0 radical (unpaired) electrons. The van der Waals surface area contributed by atoms with Gasteiger partial charge in [-0.2, -0.15) is 0 Å². The van der Waals surface area contributed by atoms with Crippen molar-refractivity contribution in [3.8, 4) is 0 Å². The standard InChI is InChI=1S/C11H20ClNO/c1-7-4-8(2)6-10(5-7)13-11(14)9(3)12/h7-10H,4-6H2,1-3H3,(H,13,14). The third-order valence-corrected chi connectivity index (χ3v) is 3.08. The van der Waals surface area contributed by atoms with Gasteiger partial charge in [-0.15, -0.1) is 11.6 Å². The van der Waals surface area contributed by atoms with Crippen LogP contribution in [0, 0.1) is 11.8 Å². The fraction of sp³-hybridized carbons (Fsp3) is 0.909. The van der Waals surface area contributed by atoms with Crippen LogP contribution in [0.15, 0.2) is 0 Å². The van der Waals surface area contributed by atoms with Gasteiger partial charge >= 0.3 is 0 Å². The molecule has 1 saturated carbocycles. The van der Waals surface area contributed by atoms with E-state index in [2.05, 4.69) is 19.2 Å². The van der Waals surface area contributed by atoms with Gasteiger partial charge in [-0.1, -0.05) is 13.8 Å². The molecule has 0 saturated heterocycles. The predicted octanol–water partition coefficient (Wildman–Crippen LogP) is 2.55. The zero-order chi connectivity index (χ0) is 10.7. The second kappa shape index (κ2) is 5.01. The van der Waals surface area contributed by atoms with Gasteiger partial charge in [0.1, 0.15) is 5.38 Å². The quantitative estimate of drug-likeness (QED) is 0.708. The van der Waals surface area contributed by atoms with Crippen molar-refractivity contribution in [2.75, 3.05) is 0 Å². The fourth-order valence-electron chi connectivity index (χ4n) is 2.38. The van der Waals surface area contributed by atoms with Crippen molar-refractivity contribution < 1.29 is 4.79 Å². The van der Waals surface area contributed by atoms with Gasteiger partial charge in [-0.05, 0) is 38.0 Å². The SMILES string of the molecule is CC1CC(C)CC(NC(=O)C(C)Cl)C1. The van der Waals surface area contributed by atoms with Crippen molar-refractivity contribution >= 4 is 17.5 Å². The zero-order valence-corrected chi connectivity index (χ0v) is 9.97. The molecular formula is C11H20ClNO. The predicted molar refractivity (Wildman–Crippen MR) is 59.4 cm³/mol. The van der Waals surface area contributed by atoms with Gasteiger partial charge in [0, 0.05) is 6.04 Å². The summed E-state index contributed by atoms with van der Waals surface area (Å²) in [5.41, 5.74) is 0. The number of hydrogen-bond acceptors (Lipinski definition) is 1. The fourth-order valence-corrected chi connectivity index (χ4v) is 2.44. The molecule has 1 amide bonds. The average Bonchev–Trinajstić information content (AvgIpc) is 2.01. The van der Waals surface area contributed by atoms with E-state index in [1.165, 1.54) is 6.42 Å². The zero-order valence-electron chi connectivity index (χ0n) is 9.22. The minimum atomic E-state index is -0.414. The second-order valence-corrected chi connectivity index (χ2v) is 5.39. The summed E-state index contributed by atoms with van der Waals surface area (Å²) in [7, 11) is 0. The summed E-state index contributed by atoms with van der Waals surface area (Å²) in [5.74, 6) is 1.40. The number of nitrogens with one attached hydrogen (secondary N) is 1. The molecule has 0 aromatic carbocycles. The molecule has 0 bridgehead atoms. The van der Waals surface area contributed by atoms with Crippen LogP contribution in [0.5, 0.6) is 0 Å². The van der Waals surface area contributed by atoms with E-state index in [1.54, 1.807) is 6.92 Å². The van der Waals surface area contributed by atoms with Crippen molar-refractivity contribution in [3.05, 3.63) is 0 Å². The molecular weight excluding hydrogens is 198 g/mol. The highest BCUT2D eigenvalue weighted by Crippen LogP contribution is 2.28. The highest BCUT2D eigenvalue weighted by molar-refractivity contribution is 6.30. The number of carbonyl (C=O) groups is 1. The average molecular weight is 218 g/mol. The number of alkyl halides is 1. The van der Waals surface area contributed by atoms with Gasteiger partial charge in [0.05, 0.1) is 0 Å². The lowest BCUT2D eigenvalue weighted by atomic mass is 9.80. The van der Waals surface area contributed by atoms with Gasteiger partial charge in [0.15, 0.2) is 0 Å². The van der Waals surface area contributed by atoms with Crippen LogP contribution in [0.3, 0.4) is 0 Å². The van der Waals surface area contributed by atoms with Crippen LogP contribution in [0.1, 0.15) is 40.0 Å². The van der Waals surface area contributed by atoms with Crippen molar-refractivity contribution in [2.24, 2.45) is 11.8 Å². The van der Waals surface area contributed by atoms with Crippen molar-refractivity contribution in [1.29, 1.82) is 0 Å². The van der Waals surface area contributed by atoms with Crippen LogP contribution >= 0.6 is 11.6 Å². The van der Waals surface area contributed by atoms with E-state index in [0.29, 0.717) is 6.04 Å². The first-order valence-electron chi connectivity index (χ1n) is 5.43. The molecule has 3 unspecified atom stereocenters. The highest BCUT2D eigenvalue weighted by Gasteiger charge is 2.25. The van der Waals surface area contributed by atoms with Crippen molar-refractivity contribution in [3.63, 3.8) is 0 Å². The van der Waals surface area contributed by atoms with Gasteiger partial charge in [0.2, 0.25) is 5.91 Å². The summed E-state index contributed by atoms with van der Waals surface area (Å²) >= 11 is 5.71. The largest absolute Gasteiger partial charge is 0.352 e. The van der Waals surface area contributed by atoms with Crippen LogP contribution in [-0.2, 0) is 4.79 Å². The Labute approximate surface area is 91.4 Å². The summed E-state index contributed by atoms with van der Waals surface area (Å²) in [6.07, 6.45) is 3.47. The number of amides is 1. The first-order valence-corrected chi connectivity index (χ1v) is 5.87. The van der Waals surface area contributed by atoms with Crippen LogP contribution in [0.2, 0.25) is 0 Å². The van der Waals surface area contributed by atoms with E-state index >= 15 is 0 Å². The third-order valence-electron chi connectivity index (χ3n) is 2.89. The van der Waals surface area contributed by atoms with Gasteiger partial charge in [0.25, 0.3) is 0 Å². The smallest absolute Gasteiger partial charge is 0.237 e. The van der Waals surface area contributed by atoms with Crippen LogP contribution in [-0.4, -0.2) is 17.3 Å². The van der Waals surface area contributed by atoms with Gasteiger partial charge < -0.3 is 5.32 Å². The molecule has 0 aliphatic heterocycles. The van der Waals surface area contributed by atoms with E-state index in [9.17, 15) is 4.79 Å². The Kier molecular flexibility index (Phi) is 4.24. The molecule has 3 atom stereocenters. The Balaban J connectivity index is 2.40. The summed E-state index contributed by atoms with van der Waals surface area (Å²) in [6, 6.07) is 0.336. The first-order chi connectivity index (χ1) is 6.49. The maximum atomic E-state index is 11.4. The minimum Gasteiger partial charge on any atom is -0.352 e. The molecule has 82 valence electrons. The van der Waals surface area contributed by atoms with E-state index in [-0.39, 0.29) is 5.91 Å². The lowest BCUT2D eigenvalue weighted by molar-refractivity contribution is -0.121. The van der Waals surface area contributed by atoms with E-state index < -0.39 is 5.38 Å². The Hall–Kier alpha value is -0.240. The van der Waals surface area contributed by atoms with Gasteiger partial charge in [-0.3, -0.25) is 4.79 Å². The van der Waals surface area contributed by atoms with Crippen molar-refractivity contribution in [2.45, 2.75) is 51.5 Å². The molecule has 1 aliphatic rings. The molecule has 1 N–H and O–H groups in total. The van der Waals surface area contributed by atoms with E-state index in [1.807, 2.05) is 0 Å². The third kappa shape index (κ3) is 3.49. The topological polar surface area (TPSA) is 29.1 Å². The van der Waals surface area contributed by atoms with Crippen molar-refractivity contribution in [1.82, 2.24) is 5.32 Å². The summed E-state index contributed by atoms with van der Waals surface area (Å²) in [5, 5.41) is 2.59. The highest BCUT2D eigenvalue weighted by atomic mass is 35.5. The first kappa shape index (κ1) is 11.8. The maximum absolute atomic E-state index is 11.4. The molecule has 1 aliphatic carbocycles. The second-order valence-electron chi connectivity index (χ2n) is 4.74. The van der Waals surface area contributed by atoms with E-state index in [0.717, 1.165) is 24.7 Å². The van der Waals surface area contributed by atoms with Gasteiger partial charge in [-0.25, -0.2) is 0 Å². The molecule has 0 heterocycles. The Morgan fingerprint density at radius 2 is 1.79 bits per heavy atom. The normalized spacial score (nSPS) is 35.0. The lowest BCUT2D eigenvalue weighted by Gasteiger charge is -2.32. The lowest BCUT2D eigenvalue weighted by Crippen LogP contribution is -2.42. The summed E-state index contributed by atoms with van der Waals surface area (Å²) < 4.78 is 0. The van der Waals surface area contributed by atoms with Crippen LogP contribution in [0.4, 0.5) is 0 Å². The molecule has 0 aromatic heterocycles. The number of halogens is 1. The summed E-state index contributed by atoms with van der Waals surface area (Å²) in [6.45, 7) is 6.21. The molecule has 0 spiro atoms. The molecule has 1 fully saturated rings. The Morgan fingerprint density at radius 3 is 2.21 bits per heavy atom. The molecule has 14 heavy (non-hydrogen) atoms. The van der Waals surface area contributed by atoms with E-state index in [4.69, 9.17) is 11.6 Å². The minimum absolute atomic E-state index is 0.0297. The number of rotatable bonds is 2. The van der Waals surface area contributed by atoms with Crippen LogP contribution < -0.4 is 5.32 Å². The maximum Gasteiger partial charge on any atom is 0.237 e. The number of carbonyl (C=O) groups excluding carboxylic acids is 1.